The molecule has 0 radical (unpaired) electrons. The summed E-state index contributed by atoms with van der Waals surface area (Å²) in [6, 6.07) is 0. The van der Waals surface area contributed by atoms with Crippen molar-refractivity contribution in [1.29, 1.82) is 0 Å². The Morgan fingerprint density at radius 1 is 1.08 bits per heavy atom. The molecule has 2 unspecified atom stereocenters. The van der Waals surface area contributed by atoms with Crippen LogP contribution in [0.25, 0.3) is 0 Å². The Labute approximate surface area is 65.6 Å². The van der Waals surface area contributed by atoms with Crippen LogP contribution in [0.2, 0.25) is 0 Å². The van der Waals surface area contributed by atoms with Crippen molar-refractivity contribution in [1.82, 2.24) is 0 Å². The smallest absolute Gasteiger partial charge is 0.247 e. The van der Waals surface area contributed by atoms with Crippen LogP contribution in [0, 0.1) is 5.92 Å². The SMILES string of the molecule is CCC(F)C(C(F)F)C(F)(F)F. The highest BCUT2D eigenvalue weighted by molar-refractivity contribution is 4.77. The van der Waals surface area contributed by atoms with Crippen LogP contribution in [0.4, 0.5) is 26.3 Å². The topological polar surface area (TPSA) is 0 Å². The van der Waals surface area contributed by atoms with Crippen molar-refractivity contribution in [2.24, 2.45) is 5.92 Å². The van der Waals surface area contributed by atoms with E-state index in [4.69, 9.17) is 0 Å². The monoisotopic (exact) mass is 194 g/mol. The fourth-order valence-electron chi connectivity index (χ4n) is 0.760. The third-order valence-electron chi connectivity index (χ3n) is 1.43. The predicted molar refractivity (Wildman–Crippen MR) is 30.7 cm³/mol. The lowest BCUT2D eigenvalue weighted by Gasteiger charge is -2.21. The maximum Gasteiger partial charge on any atom is 0.400 e. The lowest BCUT2D eigenvalue weighted by molar-refractivity contribution is -0.224. The van der Waals surface area contributed by atoms with Gasteiger partial charge in [0.2, 0.25) is 0 Å². The third kappa shape index (κ3) is 2.91. The average Bonchev–Trinajstić information content (AvgIpc) is 1.83. The standard InChI is InChI=1S/C6H8F6/c1-2-3(7)4(5(8)9)6(10,11)12/h3-5H,2H2,1H3. The second-order valence-electron chi connectivity index (χ2n) is 2.33. The van der Waals surface area contributed by atoms with Gasteiger partial charge in [0.25, 0.3) is 6.43 Å². The first-order valence-corrected chi connectivity index (χ1v) is 3.29. The van der Waals surface area contributed by atoms with Crippen LogP contribution >= 0.6 is 0 Å². The minimum Gasteiger partial charge on any atom is -0.247 e. The summed E-state index contributed by atoms with van der Waals surface area (Å²) in [5.41, 5.74) is 0. The predicted octanol–water partition coefficient (Wildman–Crippen LogP) is 3.18. The Morgan fingerprint density at radius 2 is 1.50 bits per heavy atom. The van der Waals surface area contributed by atoms with Crippen molar-refractivity contribution in [3.63, 3.8) is 0 Å². The van der Waals surface area contributed by atoms with Gasteiger partial charge in [-0.25, -0.2) is 13.2 Å². The molecule has 0 bridgehead atoms. The zero-order valence-electron chi connectivity index (χ0n) is 6.21. The van der Waals surface area contributed by atoms with Crippen LogP contribution in [0.15, 0.2) is 0 Å². The van der Waals surface area contributed by atoms with Gasteiger partial charge in [-0.2, -0.15) is 13.2 Å². The summed E-state index contributed by atoms with van der Waals surface area (Å²) in [6.45, 7) is 1.09. The van der Waals surface area contributed by atoms with E-state index in [1.165, 1.54) is 0 Å². The molecule has 0 aliphatic rings. The molecule has 0 aromatic heterocycles. The number of alkyl halides is 6. The molecule has 0 fully saturated rings. The molecule has 12 heavy (non-hydrogen) atoms. The summed E-state index contributed by atoms with van der Waals surface area (Å²) in [6.07, 6.45) is -11.9. The minimum atomic E-state index is -5.16. The summed E-state index contributed by atoms with van der Waals surface area (Å²) < 4.78 is 70.8. The van der Waals surface area contributed by atoms with Crippen molar-refractivity contribution in [2.45, 2.75) is 32.1 Å². The second kappa shape index (κ2) is 4.00. The largest absolute Gasteiger partial charge is 0.400 e. The molecular weight excluding hydrogens is 186 g/mol. The molecule has 0 aliphatic heterocycles. The number of hydrogen-bond donors (Lipinski definition) is 0. The minimum absolute atomic E-state index is 0.561. The second-order valence-corrected chi connectivity index (χ2v) is 2.33. The summed E-state index contributed by atoms with van der Waals surface area (Å²) >= 11 is 0. The van der Waals surface area contributed by atoms with E-state index in [0.717, 1.165) is 6.92 Å². The molecule has 2 atom stereocenters. The molecule has 74 valence electrons. The maximum atomic E-state index is 12.3. The van der Waals surface area contributed by atoms with Crippen LogP contribution in [0.1, 0.15) is 13.3 Å². The maximum absolute atomic E-state index is 12.3. The lowest BCUT2D eigenvalue weighted by atomic mass is 10.0. The van der Waals surface area contributed by atoms with E-state index in [1.54, 1.807) is 0 Å². The van der Waals surface area contributed by atoms with E-state index in [9.17, 15) is 26.3 Å². The summed E-state index contributed by atoms with van der Waals surface area (Å²) in [7, 11) is 0. The molecule has 0 saturated carbocycles. The van der Waals surface area contributed by atoms with Gasteiger partial charge in [-0.15, -0.1) is 0 Å². The first-order chi connectivity index (χ1) is 5.30. The number of rotatable bonds is 3. The molecule has 0 saturated heterocycles. The van der Waals surface area contributed by atoms with Gasteiger partial charge in [0.05, 0.1) is 0 Å². The van der Waals surface area contributed by atoms with Crippen molar-refractivity contribution in [2.75, 3.05) is 0 Å². The van der Waals surface area contributed by atoms with Gasteiger partial charge in [0.15, 0.2) is 0 Å². The van der Waals surface area contributed by atoms with Crippen LogP contribution < -0.4 is 0 Å². The molecule has 0 aromatic carbocycles. The van der Waals surface area contributed by atoms with Gasteiger partial charge in [0, 0.05) is 0 Å². The fourth-order valence-corrected chi connectivity index (χ4v) is 0.760. The Bertz CT molecular complexity index is 128. The molecule has 0 nitrogen and oxygen atoms in total. The quantitative estimate of drug-likeness (QED) is 0.605. The van der Waals surface area contributed by atoms with Gasteiger partial charge in [-0.1, -0.05) is 6.92 Å². The molecule has 0 heterocycles. The lowest BCUT2D eigenvalue weighted by Crippen LogP contribution is -2.37. The highest BCUT2D eigenvalue weighted by atomic mass is 19.4. The first-order valence-electron chi connectivity index (χ1n) is 3.29. The van der Waals surface area contributed by atoms with E-state index in [0.29, 0.717) is 0 Å². The molecule has 0 N–H and O–H groups in total. The van der Waals surface area contributed by atoms with Crippen molar-refractivity contribution < 1.29 is 26.3 Å². The molecule has 0 aromatic rings. The van der Waals surface area contributed by atoms with Gasteiger partial charge in [-0.3, -0.25) is 0 Å². The average molecular weight is 194 g/mol. The van der Waals surface area contributed by atoms with E-state index >= 15 is 0 Å². The van der Waals surface area contributed by atoms with Gasteiger partial charge in [0.1, 0.15) is 12.1 Å². The fraction of sp³-hybridized carbons (Fsp3) is 1.00. The normalized spacial score (nSPS) is 18.0. The van der Waals surface area contributed by atoms with E-state index in [-0.39, 0.29) is 0 Å². The van der Waals surface area contributed by atoms with Gasteiger partial charge < -0.3 is 0 Å². The Balaban J connectivity index is 4.44. The summed E-state index contributed by atoms with van der Waals surface area (Å²) in [5, 5.41) is 0. The Morgan fingerprint density at radius 3 is 1.58 bits per heavy atom. The van der Waals surface area contributed by atoms with Crippen LogP contribution in [-0.2, 0) is 0 Å². The molecule has 0 rings (SSSR count). The van der Waals surface area contributed by atoms with E-state index in [1.807, 2.05) is 0 Å². The zero-order chi connectivity index (χ0) is 9.94. The molecule has 0 spiro atoms. The van der Waals surface area contributed by atoms with E-state index < -0.39 is 31.1 Å². The van der Waals surface area contributed by atoms with Crippen molar-refractivity contribution in [3.8, 4) is 0 Å². The summed E-state index contributed by atoms with van der Waals surface area (Å²) in [5.74, 6) is -3.15. The Kier molecular flexibility index (Phi) is 3.86. The molecule has 0 amide bonds. The first kappa shape index (κ1) is 11.6. The number of hydrogen-bond acceptors (Lipinski definition) is 0. The van der Waals surface area contributed by atoms with Gasteiger partial charge >= 0.3 is 6.18 Å². The zero-order valence-corrected chi connectivity index (χ0v) is 6.21. The summed E-state index contributed by atoms with van der Waals surface area (Å²) in [4.78, 5) is 0. The number of halogens is 6. The van der Waals surface area contributed by atoms with E-state index in [2.05, 4.69) is 0 Å². The molecule has 6 heteroatoms. The van der Waals surface area contributed by atoms with Gasteiger partial charge in [-0.05, 0) is 6.42 Å². The van der Waals surface area contributed by atoms with Crippen LogP contribution in [0.5, 0.6) is 0 Å². The van der Waals surface area contributed by atoms with Crippen LogP contribution in [0.3, 0.4) is 0 Å². The highest BCUT2D eigenvalue weighted by Crippen LogP contribution is 2.35. The molecule has 0 aliphatic carbocycles. The van der Waals surface area contributed by atoms with Crippen LogP contribution in [-0.4, -0.2) is 18.8 Å². The Hall–Kier alpha value is -0.420. The van der Waals surface area contributed by atoms with Crippen molar-refractivity contribution >= 4 is 0 Å². The van der Waals surface area contributed by atoms with Crippen molar-refractivity contribution in [3.05, 3.63) is 0 Å². The highest BCUT2D eigenvalue weighted by Gasteiger charge is 2.50. The molecular formula is C6H8F6. The third-order valence-corrected chi connectivity index (χ3v) is 1.43.